The number of hydrogen-bond donors (Lipinski definition) is 1. The standard InChI is InChI=1S/C15H15F3N4O2/c1-22(2)14-19-7-11(8-20-14)21-13(23)10-3-5-12(6-4-10)24-9-15(16,17)18/h3-8H,9H2,1-2H3,(H,21,23). The zero-order chi connectivity index (χ0) is 17.7. The fourth-order valence-electron chi connectivity index (χ4n) is 1.69. The van der Waals surface area contributed by atoms with Crippen LogP contribution in [0.2, 0.25) is 0 Å². The molecule has 0 spiro atoms. The minimum Gasteiger partial charge on any atom is -0.484 e. The van der Waals surface area contributed by atoms with Gasteiger partial charge in [-0.2, -0.15) is 13.2 Å². The summed E-state index contributed by atoms with van der Waals surface area (Å²) >= 11 is 0. The topological polar surface area (TPSA) is 67.4 Å². The molecule has 1 aromatic carbocycles. The van der Waals surface area contributed by atoms with Gasteiger partial charge in [0.1, 0.15) is 5.75 Å². The number of ether oxygens (including phenoxy) is 1. The van der Waals surface area contributed by atoms with Crippen LogP contribution >= 0.6 is 0 Å². The fraction of sp³-hybridized carbons (Fsp3) is 0.267. The Morgan fingerprint density at radius 3 is 2.25 bits per heavy atom. The van der Waals surface area contributed by atoms with Gasteiger partial charge in [0.25, 0.3) is 5.91 Å². The zero-order valence-corrected chi connectivity index (χ0v) is 13.0. The van der Waals surface area contributed by atoms with Crippen LogP contribution in [0.3, 0.4) is 0 Å². The van der Waals surface area contributed by atoms with Crippen LogP contribution in [0.5, 0.6) is 5.75 Å². The number of amides is 1. The van der Waals surface area contributed by atoms with Crippen LogP contribution in [-0.2, 0) is 0 Å². The SMILES string of the molecule is CN(C)c1ncc(NC(=O)c2ccc(OCC(F)(F)F)cc2)cn1. The summed E-state index contributed by atoms with van der Waals surface area (Å²) < 4.78 is 40.8. The molecule has 24 heavy (non-hydrogen) atoms. The van der Waals surface area contributed by atoms with Gasteiger partial charge in [0.15, 0.2) is 6.61 Å². The molecule has 0 aliphatic carbocycles. The second-order valence-electron chi connectivity index (χ2n) is 5.05. The second-order valence-corrected chi connectivity index (χ2v) is 5.05. The van der Waals surface area contributed by atoms with E-state index in [1.807, 2.05) is 0 Å². The Bertz CT molecular complexity index is 685. The molecule has 0 atom stereocenters. The molecule has 0 saturated heterocycles. The van der Waals surface area contributed by atoms with Gasteiger partial charge in [-0.15, -0.1) is 0 Å². The van der Waals surface area contributed by atoms with E-state index in [0.717, 1.165) is 0 Å². The van der Waals surface area contributed by atoms with Crippen molar-refractivity contribution in [2.75, 3.05) is 30.9 Å². The van der Waals surface area contributed by atoms with Crippen molar-refractivity contribution in [2.24, 2.45) is 0 Å². The van der Waals surface area contributed by atoms with Crippen molar-refractivity contribution in [3.8, 4) is 5.75 Å². The molecule has 2 aromatic rings. The number of nitrogens with one attached hydrogen (secondary N) is 1. The largest absolute Gasteiger partial charge is 0.484 e. The first kappa shape index (κ1) is 17.5. The number of aromatic nitrogens is 2. The fourth-order valence-corrected chi connectivity index (χ4v) is 1.69. The Morgan fingerprint density at radius 2 is 1.75 bits per heavy atom. The van der Waals surface area contributed by atoms with E-state index in [4.69, 9.17) is 0 Å². The lowest BCUT2D eigenvalue weighted by atomic mass is 10.2. The zero-order valence-electron chi connectivity index (χ0n) is 13.0. The molecule has 0 saturated carbocycles. The molecule has 1 aromatic heterocycles. The Balaban J connectivity index is 1.97. The van der Waals surface area contributed by atoms with Crippen LogP contribution in [0.25, 0.3) is 0 Å². The van der Waals surface area contributed by atoms with Crippen molar-refractivity contribution in [1.82, 2.24) is 9.97 Å². The molecule has 6 nitrogen and oxygen atoms in total. The number of anilines is 2. The number of halogens is 3. The summed E-state index contributed by atoms with van der Waals surface area (Å²) in [6, 6.07) is 5.34. The van der Waals surface area contributed by atoms with E-state index >= 15 is 0 Å². The first-order valence-electron chi connectivity index (χ1n) is 6.85. The van der Waals surface area contributed by atoms with Crippen molar-refractivity contribution in [1.29, 1.82) is 0 Å². The molecule has 2 rings (SSSR count). The number of carbonyl (C=O) groups is 1. The van der Waals surface area contributed by atoms with Gasteiger partial charge in [-0.05, 0) is 24.3 Å². The summed E-state index contributed by atoms with van der Waals surface area (Å²) in [5.74, 6) is 0.0975. The predicted octanol–water partition coefficient (Wildman–Crippen LogP) is 2.74. The monoisotopic (exact) mass is 340 g/mol. The molecule has 1 heterocycles. The Hall–Kier alpha value is -2.84. The number of alkyl halides is 3. The Morgan fingerprint density at radius 1 is 1.17 bits per heavy atom. The van der Waals surface area contributed by atoms with E-state index in [2.05, 4.69) is 20.0 Å². The molecular weight excluding hydrogens is 325 g/mol. The summed E-state index contributed by atoms with van der Waals surface area (Å²) in [6.07, 6.45) is -1.49. The third-order valence-electron chi connectivity index (χ3n) is 2.82. The molecule has 0 aliphatic rings. The highest BCUT2D eigenvalue weighted by molar-refractivity contribution is 6.04. The molecule has 1 N–H and O–H groups in total. The van der Waals surface area contributed by atoms with Crippen LogP contribution in [0.1, 0.15) is 10.4 Å². The molecule has 1 amide bonds. The Labute approximate surface area is 136 Å². The first-order chi connectivity index (χ1) is 11.2. The van der Waals surface area contributed by atoms with Gasteiger partial charge < -0.3 is 15.0 Å². The molecule has 0 radical (unpaired) electrons. The number of benzene rings is 1. The normalized spacial score (nSPS) is 11.0. The van der Waals surface area contributed by atoms with Crippen LogP contribution in [0, 0.1) is 0 Å². The molecule has 128 valence electrons. The summed E-state index contributed by atoms with van der Waals surface area (Å²) in [4.78, 5) is 21.9. The number of hydrogen-bond acceptors (Lipinski definition) is 5. The summed E-state index contributed by atoms with van der Waals surface area (Å²) in [5.41, 5.74) is 0.675. The van der Waals surface area contributed by atoms with Gasteiger partial charge in [0, 0.05) is 19.7 Å². The van der Waals surface area contributed by atoms with E-state index in [1.54, 1.807) is 19.0 Å². The third kappa shape index (κ3) is 5.11. The maximum absolute atomic E-state index is 12.1. The van der Waals surface area contributed by atoms with Gasteiger partial charge in [0.2, 0.25) is 5.95 Å². The maximum Gasteiger partial charge on any atom is 0.422 e. The average molecular weight is 340 g/mol. The van der Waals surface area contributed by atoms with Crippen LogP contribution in [0.15, 0.2) is 36.7 Å². The van der Waals surface area contributed by atoms with Crippen molar-refractivity contribution >= 4 is 17.5 Å². The lowest BCUT2D eigenvalue weighted by Crippen LogP contribution is -2.19. The van der Waals surface area contributed by atoms with Crippen LogP contribution in [-0.4, -0.2) is 42.8 Å². The molecule has 0 unspecified atom stereocenters. The van der Waals surface area contributed by atoms with Gasteiger partial charge in [0.05, 0.1) is 18.1 Å². The van der Waals surface area contributed by atoms with Gasteiger partial charge in [-0.1, -0.05) is 0 Å². The van der Waals surface area contributed by atoms with Crippen molar-refractivity contribution in [3.05, 3.63) is 42.2 Å². The van der Waals surface area contributed by atoms with Crippen molar-refractivity contribution < 1.29 is 22.7 Å². The molecule has 9 heteroatoms. The summed E-state index contributed by atoms with van der Waals surface area (Å²) in [5, 5.41) is 2.60. The third-order valence-corrected chi connectivity index (χ3v) is 2.82. The first-order valence-corrected chi connectivity index (χ1v) is 6.85. The van der Waals surface area contributed by atoms with Gasteiger partial charge >= 0.3 is 6.18 Å². The highest BCUT2D eigenvalue weighted by Gasteiger charge is 2.28. The molecule has 0 bridgehead atoms. The molecular formula is C15H15F3N4O2. The number of nitrogens with zero attached hydrogens (tertiary/aromatic N) is 3. The van der Waals surface area contributed by atoms with Crippen LogP contribution < -0.4 is 15.0 Å². The predicted molar refractivity (Wildman–Crippen MR) is 82.3 cm³/mol. The van der Waals surface area contributed by atoms with E-state index in [0.29, 0.717) is 11.6 Å². The van der Waals surface area contributed by atoms with E-state index in [-0.39, 0.29) is 11.3 Å². The smallest absolute Gasteiger partial charge is 0.422 e. The summed E-state index contributed by atoms with van der Waals surface area (Å²) in [7, 11) is 3.58. The van der Waals surface area contributed by atoms with Gasteiger partial charge in [-0.25, -0.2) is 9.97 Å². The van der Waals surface area contributed by atoms with E-state index < -0.39 is 18.7 Å². The highest BCUT2D eigenvalue weighted by atomic mass is 19.4. The van der Waals surface area contributed by atoms with Crippen molar-refractivity contribution in [2.45, 2.75) is 6.18 Å². The summed E-state index contributed by atoms with van der Waals surface area (Å²) in [6.45, 7) is -1.38. The van der Waals surface area contributed by atoms with Gasteiger partial charge in [-0.3, -0.25) is 4.79 Å². The van der Waals surface area contributed by atoms with E-state index in [9.17, 15) is 18.0 Å². The Kier molecular flexibility index (Phi) is 5.22. The minimum atomic E-state index is -4.41. The minimum absolute atomic E-state index is 0.0301. The maximum atomic E-state index is 12.1. The van der Waals surface area contributed by atoms with Crippen LogP contribution in [0.4, 0.5) is 24.8 Å². The quantitative estimate of drug-likeness (QED) is 0.906. The number of rotatable bonds is 5. The molecule has 0 aliphatic heterocycles. The lowest BCUT2D eigenvalue weighted by Gasteiger charge is -2.11. The lowest BCUT2D eigenvalue weighted by molar-refractivity contribution is -0.153. The number of carbonyl (C=O) groups excluding carboxylic acids is 1. The van der Waals surface area contributed by atoms with E-state index in [1.165, 1.54) is 36.7 Å². The van der Waals surface area contributed by atoms with Crippen molar-refractivity contribution in [3.63, 3.8) is 0 Å². The molecule has 0 fully saturated rings. The highest BCUT2D eigenvalue weighted by Crippen LogP contribution is 2.19. The average Bonchev–Trinajstić information content (AvgIpc) is 2.53. The second kappa shape index (κ2) is 7.16.